The number of aliphatic imine (C=N–C) groups is 1. The van der Waals surface area contributed by atoms with Gasteiger partial charge in [-0.2, -0.15) is 0 Å². The van der Waals surface area contributed by atoms with Crippen molar-refractivity contribution in [2.45, 2.75) is 79.8 Å². The molecule has 0 saturated carbocycles. The number of rotatable bonds is 7. The van der Waals surface area contributed by atoms with Crippen LogP contribution in [0.25, 0.3) is 0 Å². The number of hydrogen-bond donors (Lipinski definition) is 1. The Morgan fingerprint density at radius 1 is 1.21 bits per heavy atom. The highest BCUT2D eigenvalue weighted by molar-refractivity contribution is 6.00. The molecule has 19 heavy (non-hydrogen) atoms. The summed E-state index contributed by atoms with van der Waals surface area (Å²) < 4.78 is 0. The average molecular weight is 266 g/mol. The Morgan fingerprint density at radius 2 is 1.79 bits per heavy atom. The zero-order valence-electron chi connectivity index (χ0n) is 14.3. The van der Waals surface area contributed by atoms with Gasteiger partial charge in [-0.3, -0.25) is 4.99 Å². The van der Waals surface area contributed by atoms with Gasteiger partial charge in [0.25, 0.3) is 0 Å². The molecule has 1 N–H and O–H groups in total. The third-order valence-corrected chi connectivity index (χ3v) is 3.43. The molecule has 112 valence electrons. The predicted octanol–water partition coefficient (Wildman–Crippen LogP) is 4.61. The SMILES string of the molecule is C/C=C(/CCNC(C)(C)C)C(CC)=NC(C)C(C)C. The van der Waals surface area contributed by atoms with Gasteiger partial charge in [0.05, 0.1) is 0 Å². The minimum absolute atomic E-state index is 0.188. The molecule has 0 aliphatic heterocycles. The minimum Gasteiger partial charge on any atom is -0.312 e. The van der Waals surface area contributed by atoms with Crippen molar-refractivity contribution >= 4 is 5.71 Å². The summed E-state index contributed by atoms with van der Waals surface area (Å²) >= 11 is 0. The van der Waals surface area contributed by atoms with Crippen molar-refractivity contribution in [2.24, 2.45) is 10.9 Å². The molecule has 1 atom stereocenters. The van der Waals surface area contributed by atoms with Crippen LogP contribution in [-0.2, 0) is 0 Å². The molecule has 2 heteroatoms. The fourth-order valence-corrected chi connectivity index (χ4v) is 1.82. The molecule has 0 bridgehead atoms. The van der Waals surface area contributed by atoms with Gasteiger partial charge < -0.3 is 5.32 Å². The summed E-state index contributed by atoms with van der Waals surface area (Å²) in [5.74, 6) is 0.604. The first kappa shape index (κ1) is 18.4. The normalized spacial score (nSPS) is 16.1. The topological polar surface area (TPSA) is 24.4 Å². The van der Waals surface area contributed by atoms with Crippen molar-refractivity contribution in [3.05, 3.63) is 11.6 Å². The molecule has 0 spiro atoms. The monoisotopic (exact) mass is 266 g/mol. The fourth-order valence-electron chi connectivity index (χ4n) is 1.82. The van der Waals surface area contributed by atoms with Gasteiger partial charge in [0, 0.05) is 17.3 Å². The molecule has 0 fully saturated rings. The lowest BCUT2D eigenvalue weighted by Gasteiger charge is -2.21. The molecule has 0 saturated heterocycles. The first-order chi connectivity index (χ1) is 8.71. The van der Waals surface area contributed by atoms with Gasteiger partial charge in [0.1, 0.15) is 0 Å². The van der Waals surface area contributed by atoms with Crippen LogP contribution in [0.1, 0.15) is 68.2 Å². The summed E-state index contributed by atoms with van der Waals surface area (Å²) in [5, 5.41) is 3.55. The van der Waals surface area contributed by atoms with Crippen molar-refractivity contribution in [3.8, 4) is 0 Å². The second kappa shape index (κ2) is 8.52. The third-order valence-electron chi connectivity index (χ3n) is 3.43. The quantitative estimate of drug-likeness (QED) is 0.669. The fraction of sp³-hybridized carbons (Fsp3) is 0.824. The second-order valence-electron chi connectivity index (χ2n) is 6.65. The molecule has 0 aromatic carbocycles. The maximum absolute atomic E-state index is 4.90. The number of hydrogen-bond acceptors (Lipinski definition) is 2. The van der Waals surface area contributed by atoms with E-state index >= 15 is 0 Å². The zero-order chi connectivity index (χ0) is 15.1. The highest BCUT2D eigenvalue weighted by Gasteiger charge is 2.12. The Kier molecular flexibility index (Phi) is 8.24. The van der Waals surface area contributed by atoms with E-state index in [2.05, 4.69) is 66.8 Å². The lowest BCUT2D eigenvalue weighted by molar-refractivity contribution is 0.430. The van der Waals surface area contributed by atoms with Crippen LogP contribution in [0.5, 0.6) is 0 Å². The Balaban J connectivity index is 4.64. The standard InChI is InChI=1S/C17H34N2/c1-9-15(11-12-18-17(6,7)8)16(10-2)19-14(5)13(3)4/h9,13-14,18H,10-12H2,1-8H3/b15-9-,19-16?. The van der Waals surface area contributed by atoms with E-state index in [0.717, 1.165) is 19.4 Å². The molecule has 0 aliphatic rings. The first-order valence-corrected chi connectivity index (χ1v) is 7.68. The largest absolute Gasteiger partial charge is 0.312 e. The highest BCUT2D eigenvalue weighted by atomic mass is 14.9. The lowest BCUT2D eigenvalue weighted by Crippen LogP contribution is -2.36. The summed E-state index contributed by atoms with van der Waals surface area (Å²) in [4.78, 5) is 4.90. The smallest absolute Gasteiger partial charge is 0.0497 e. The van der Waals surface area contributed by atoms with Crippen molar-refractivity contribution in [1.82, 2.24) is 5.32 Å². The molecular weight excluding hydrogens is 232 g/mol. The predicted molar refractivity (Wildman–Crippen MR) is 88.2 cm³/mol. The van der Waals surface area contributed by atoms with E-state index in [4.69, 9.17) is 4.99 Å². The molecule has 0 aliphatic carbocycles. The van der Waals surface area contributed by atoms with E-state index in [0.29, 0.717) is 12.0 Å². The number of allylic oxidation sites excluding steroid dienone is 1. The highest BCUT2D eigenvalue weighted by Crippen LogP contribution is 2.13. The molecule has 0 aromatic heterocycles. The summed E-state index contributed by atoms with van der Waals surface area (Å²) in [6, 6.07) is 0.403. The minimum atomic E-state index is 0.188. The molecular formula is C17H34N2. The van der Waals surface area contributed by atoms with Crippen LogP contribution in [0.3, 0.4) is 0 Å². The van der Waals surface area contributed by atoms with E-state index in [1.54, 1.807) is 0 Å². The van der Waals surface area contributed by atoms with Crippen LogP contribution in [-0.4, -0.2) is 23.8 Å². The van der Waals surface area contributed by atoms with Crippen LogP contribution in [0.4, 0.5) is 0 Å². The Hall–Kier alpha value is -0.630. The Labute approximate surface area is 120 Å². The van der Waals surface area contributed by atoms with E-state index in [1.807, 2.05) is 0 Å². The van der Waals surface area contributed by atoms with Crippen LogP contribution < -0.4 is 5.32 Å². The van der Waals surface area contributed by atoms with Gasteiger partial charge in [-0.1, -0.05) is 26.8 Å². The molecule has 2 nitrogen and oxygen atoms in total. The zero-order valence-corrected chi connectivity index (χ0v) is 14.3. The molecule has 1 unspecified atom stereocenters. The molecule has 0 amide bonds. The number of nitrogens with one attached hydrogen (secondary N) is 1. The van der Waals surface area contributed by atoms with Gasteiger partial charge in [0.15, 0.2) is 0 Å². The van der Waals surface area contributed by atoms with Gasteiger partial charge in [-0.15, -0.1) is 0 Å². The van der Waals surface area contributed by atoms with Gasteiger partial charge in [0.2, 0.25) is 0 Å². The first-order valence-electron chi connectivity index (χ1n) is 7.68. The van der Waals surface area contributed by atoms with Crippen molar-refractivity contribution < 1.29 is 0 Å². The van der Waals surface area contributed by atoms with E-state index in [9.17, 15) is 0 Å². The van der Waals surface area contributed by atoms with Gasteiger partial charge >= 0.3 is 0 Å². The summed E-state index contributed by atoms with van der Waals surface area (Å²) in [6.45, 7) is 18.6. The van der Waals surface area contributed by atoms with Crippen LogP contribution in [0.2, 0.25) is 0 Å². The molecule has 0 heterocycles. The van der Waals surface area contributed by atoms with Crippen LogP contribution in [0, 0.1) is 5.92 Å². The van der Waals surface area contributed by atoms with Crippen LogP contribution in [0.15, 0.2) is 16.6 Å². The van der Waals surface area contributed by atoms with Crippen LogP contribution >= 0.6 is 0 Å². The lowest BCUT2D eigenvalue weighted by atomic mass is 10.0. The summed E-state index contributed by atoms with van der Waals surface area (Å²) in [5.41, 5.74) is 2.86. The maximum atomic E-state index is 4.90. The van der Waals surface area contributed by atoms with Gasteiger partial charge in [-0.05, 0) is 65.5 Å². The molecule has 0 aromatic rings. The Bertz CT molecular complexity index is 306. The number of nitrogens with zero attached hydrogens (tertiary/aromatic N) is 1. The second-order valence-corrected chi connectivity index (χ2v) is 6.65. The van der Waals surface area contributed by atoms with Crippen molar-refractivity contribution in [1.29, 1.82) is 0 Å². The Morgan fingerprint density at radius 3 is 2.16 bits per heavy atom. The van der Waals surface area contributed by atoms with Crippen molar-refractivity contribution in [3.63, 3.8) is 0 Å². The summed E-state index contributed by atoms with van der Waals surface area (Å²) in [7, 11) is 0. The van der Waals surface area contributed by atoms with Gasteiger partial charge in [-0.25, -0.2) is 0 Å². The molecule has 0 rings (SSSR count). The van der Waals surface area contributed by atoms with E-state index < -0.39 is 0 Å². The average Bonchev–Trinajstić information content (AvgIpc) is 2.30. The summed E-state index contributed by atoms with van der Waals surface area (Å²) in [6.07, 6.45) is 4.30. The van der Waals surface area contributed by atoms with E-state index in [-0.39, 0.29) is 5.54 Å². The third kappa shape index (κ3) is 8.20. The maximum Gasteiger partial charge on any atom is 0.0497 e. The molecule has 0 radical (unpaired) electrons. The van der Waals surface area contributed by atoms with Crippen molar-refractivity contribution in [2.75, 3.05) is 6.54 Å². The van der Waals surface area contributed by atoms with E-state index in [1.165, 1.54) is 11.3 Å².